The van der Waals surface area contributed by atoms with Gasteiger partial charge in [-0.25, -0.2) is 0 Å². The van der Waals surface area contributed by atoms with Gasteiger partial charge in [-0.3, -0.25) is 19.3 Å². The van der Waals surface area contributed by atoms with Crippen LogP contribution in [0.2, 0.25) is 0 Å². The first-order valence-corrected chi connectivity index (χ1v) is 9.01. The molecule has 3 amide bonds. The van der Waals surface area contributed by atoms with Crippen LogP contribution in [-0.4, -0.2) is 51.7 Å². The first-order valence-electron chi connectivity index (χ1n) is 7.14. The van der Waals surface area contributed by atoms with Gasteiger partial charge in [-0.1, -0.05) is 17.8 Å². The molecule has 0 aliphatic carbocycles. The highest BCUT2D eigenvalue weighted by Gasteiger charge is 2.37. The second kappa shape index (κ2) is 6.66. The van der Waals surface area contributed by atoms with Crippen LogP contribution in [0.1, 0.15) is 17.7 Å². The molecule has 0 radical (unpaired) electrons. The molecule has 1 aromatic heterocycles. The van der Waals surface area contributed by atoms with Gasteiger partial charge in [-0.05, 0) is 30.4 Å². The highest BCUT2D eigenvalue weighted by Crippen LogP contribution is 2.26. The maximum absolute atomic E-state index is 12.1. The van der Waals surface area contributed by atoms with Gasteiger partial charge in [0.15, 0.2) is 0 Å². The number of thiophene rings is 1. The van der Waals surface area contributed by atoms with Crippen molar-refractivity contribution < 1.29 is 14.4 Å². The average molecular weight is 336 g/mol. The second-order valence-electron chi connectivity index (χ2n) is 5.22. The highest BCUT2D eigenvalue weighted by atomic mass is 32.2. The van der Waals surface area contributed by atoms with Gasteiger partial charge < -0.3 is 4.90 Å². The van der Waals surface area contributed by atoms with Gasteiger partial charge in [0.1, 0.15) is 0 Å². The van der Waals surface area contributed by atoms with E-state index in [1.54, 1.807) is 22.3 Å². The fourth-order valence-electron chi connectivity index (χ4n) is 2.71. The predicted molar refractivity (Wildman–Crippen MR) is 87.7 cm³/mol. The number of carbonyl (C=O) groups excluding carboxylic acids is 3. The van der Waals surface area contributed by atoms with Gasteiger partial charge in [0.25, 0.3) is 5.24 Å². The molecule has 2 fully saturated rings. The Morgan fingerprint density at radius 1 is 1.27 bits per heavy atom. The van der Waals surface area contributed by atoms with Crippen LogP contribution < -0.4 is 0 Å². The standard InChI is InChI=1S/C15H16N2O3S2/c18-13(4-3-12-2-1-9-21-12)16-7-5-11(6-8-16)17-14(19)10-22-15(17)20/h1-4,9,11H,5-8,10H2. The number of imide groups is 1. The molecule has 0 atom stereocenters. The number of carbonyl (C=O) groups is 3. The van der Waals surface area contributed by atoms with E-state index < -0.39 is 0 Å². The van der Waals surface area contributed by atoms with E-state index >= 15 is 0 Å². The number of thioether (sulfide) groups is 1. The number of rotatable bonds is 3. The Bertz CT molecular complexity index is 588. The van der Waals surface area contributed by atoms with E-state index in [0.29, 0.717) is 25.9 Å². The molecule has 3 rings (SSSR count). The van der Waals surface area contributed by atoms with Crippen LogP contribution in [-0.2, 0) is 9.59 Å². The maximum atomic E-state index is 12.1. The summed E-state index contributed by atoms with van der Waals surface area (Å²) in [6.45, 7) is 1.17. The van der Waals surface area contributed by atoms with E-state index in [1.165, 1.54) is 4.90 Å². The third kappa shape index (κ3) is 3.25. The Kier molecular flexibility index (Phi) is 4.63. The predicted octanol–water partition coefficient (Wildman–Crippen LogP) is 2.45. The molecule has 3 heterocycles. The summed E-state index contributed by atoms with van der Waals surface area (Å²) in [4.78, 5) is 39.8. The molecule has 1 aromatic rings. The minimum Gasteiger partial charge on any atom is -0.339 e. The molecule has 2 aliphatic rings. The lowest BCUT2D eigenvalue weighted by Gasteiger charge is -2.34. The molecule has 2 aliphatic heterocycles. The molecule has 0 N–H and O–H groups in total. The molecule has 0 aromatic carbocycles. The average Bonchev–Trinajstić information content (AvgIpc) is 3.15. The Labute approximate surface area is 137 Å². The number of likely N-dealkylation sites (tertiary alicyclic amines) is 1. The number of piperidine rings is 1. The highest BCUT2D eigenvalue weighted by molar-refractivity contribution is 8.14. The Hall–Kier alpha value is -1.60. The van der Waals surface area contributed by atoms with Crippen molar-refractivity contribution in [1.29, 1.82) is 0 Å². The molecule has 2 saturated heterocycles. The van der Waals surface area contributed by atoms with Crippen LogP contribution in [0.3, 0.4) is 0 Å². The summed E-state index contributed by atoms with van der Waals surface area (Å²) >= 11 is 2.66. The lowest BCUT2D eigenvalue weighted by molar-refractivity contribution is -0.129. The zero-order valence-electron chi connectivity index (χ0n) is 11.9. The van der Waals surface area contributed by atoms with Gasteiger partial charge >= 0.3 is 0 Å². The molecular weight excluding hydrogens is 320 g/mol. The monoisotopic (exact) mass is 336 g/mol. The van der Waals surface area contributed by atoms with Crippen LogP contribution in [0.25, 0.3) is 6.08 Å². The van der Waals surface area contributed by atoms with Crippen LogP contribution in [0.4, 0.5) is 4.79 Å². The molecule has 0 saturated carbocycles. The van der Waals surface area contributed by atoms with Crippen molar-refractivity contribution in [3.63, 3.8) is 0 Å². The van der Waals surface area contributed by atoms with E-state index in [-0.39, 0.29) is 28.8 Å². The quantitative estimate of drug-likeness (QED) is 0.796. The molecule has 116 valence electrons. The van der Waals surface area contributed by atoms with E-state index in [0.717, 1.165) is 16.6 Å². The summed E-state index contributed by atoms with van der Waals surface area (Å²) in [5.41, 5.74) is 0. The van der Waals surface area contributed by atoms with Gasteiger partial charge in [0.05, 0.1) is 5.75 Å². The summed E-state index contributed by atoms with van der Waals surface area (Å²) in [6.07, 6.45) is 4.74. The molecule has 0 spiro atoms. The van der Waals surface area contributed by atoms with Crippen molar-refractivity contribution in [2.45, 2.75) is 18.9 Å². The van der Waals surface area contributed by atoms with Crippen LogP contribution in [0.15, 0.2) is 23.6 Å². The van der Waals surface area contributed by atoms with Crippen molar-refractivity contribution >= 4 is 46.2 Å². The zero-order chi connectivity index (χ0) is 15.5. The fraction of sp³-hybridized carbons (Fsp3) is 0.400. The van der Waals surface area contributed by atoms with Crippen molar-refractivity contribution in [3.8, 4) is 0 Å². The van der Waals surface area contributed by atoms with E-state index in [9.17, 15) is 14.4 Å². The third-order valence-electron chi connectivity index (χ3n) is 3.86. The zero-order valence-corrected chi connectivity index (χ0v) is 13.6. The van der Waals surface area contributed by atoms with Gasteiger partial charge in [0.2, 0.25) is 11.8 Å². The summed E-state index contributed by atoms with van der Waals surface area (Å²) in [5.74, 6) is 0.138. The van der Waals surface area contributed by atoms with Gasteiger partial charge in [-0.15, -0.1) is 11.3 Å². The lowest BCUT2D eigenvalue weighted by atomic mass is 10.0. The van der Waals surface area contributed by atoms with E-state index in [1.807, 2.05) is 23.6 Å². The molecule has 0 unspecified atom stereocenters. The van der Waals surface area contributed by atoms with Crippen LogP contribution in [0, 0.1) is 0 Å². The fourth-order valence-corrected chi connectivity index (χ4v) is 4.10. The number of hydrogen-bond donors (Lipinski definition) is 0. The Morgan fingerprint density at radius 3 is 2.64 bits per heavy atom. The molecule has 0 bridgehead atoms. The molecule has 7 heteroatoms. The summed E-state index contributed by atoms with van der Waals surface area (Å²) in [6, 6.07) is 3.85. The second-order valence-corrected chi connectivity index (χ2v) is 7.13. The van der Waals surface area contributed by atoms with Crippen LogP contribution >= 0.6 is 23.1 Å². The van der Waals surface area contributed by atoms with Gasteiger partial charge in [-0.2, -0.15) is 0 Å². The first-order chi connectivity index (χ1) is 10.6. The molecule has 5 nitrogen and oxygen atoms in total. The summed E-state index contributed by atoms with van der Waals surface area (Å²) in [7, 11) is 0. The number of amides is 3. The number of nitrogens with zero attached hydrogens (tertiary/aromatic N) is 2. The van der Waals surface area contributed by atoms with E-state index in [2.05, 4.69) is 0 Å². The smallest absolute Gasteiger partial charge is 0.289 e. The largest absolute Gasteiger partial charge is 0.339 e. The van der Waals surface area contributed by atoms with Crippen molar-refractivity contribution in [2.24, 2.45) is 0 Å². The SMILES string of the molecule is O=C(C=Cc1cccs1)N1CCC(N2C(=O)CSC2=O)CC1. The van der Waals surface area contributed by atoms with Crippen molar-refractivity contribution in [1.82, 2.24) is 9.80 Å². The Balaban J connectivity index is 1.54. The van der Waals surface area contributed by atoms with Crippen molar-refractivity contribution in [2.75, 3.05) is 18.8 Å². The maximum Gasteiger partial charge on any atom is 0.289 e. The molecular formula is C15H16N2O3S2. The summed E-state index contributed by atoms with van der Waals surface area (Å²) < 4.78 is 0. The third-order valence-corrected chi connectivity index (χ3v) is 5.53. The van der Waals surface area contributed by atoms with Crippen molar-refractivity contribution in [3.05, 3.63) is 28.5 Å². The minimum atomic E-state index is -0.146. The topological polar surface area (TPSA) is 57.7 Å². The minimum absolute atomic E-state index is 0.0136. The molecule has 22 heavy (non-hydrogen) atoms. The first kappa shape index (κ1) is 15.3. The Morgan fingerprint density at radius 2 is 2.05 bits per heavy atom. The van der Waals surface area contributed by atoms with E-state index in [4.69, 9.17) is 0 Å². The van der Waals surface area contributed by atoms with Gasteiger partial charge in [0, 0.05) is 30.1 Å². The lowest BCUT2D eigenvalue weighted by Crippen LogP contribution is -2.48. The summed E-state index contributed by atoms with van der Waals surface area (Å²) in [5, 5.41) is 1.82. The normalized spacial score (nSPS) is 20.4. The number of hydrogen-bond acceptors (Lipinski definition) is 5. The van der Waals surface area contributed by atoms with Crippen LogP contribution in [0.5, 0.6) is 0 Å².